The summed E-state index contributed by atoms with van der Waals surface area (Å²) in [5.74, 6) is -2.46. The van der Waals surface area contributed by atoms with Gasteiger partial charge >= 0.3 is 11.9 Å². The lowest BCUT2D eigenvalue weighted by Crippen LogP contribution is -2.06. The van der Waals surface area contributed by atoms with Gasteiger partial charge in [-0.1, -0.05) is 84.9 Å². The fourth-order valence-electron chi connectivity index (χ4n) is 5.75. The third-order valence-corrected chi connectivity index (χ3v) is 7.27. The molecule has 0 unspecified atom stereocenters. The Bertz CT molecular complexity index is 1680. The topological polar surface area (TPSA) is 74.6 Å². The van der Waals surface area contributed by atoms with Gasteiger partial charge in [0.15, 0.2) is 0 Å². The molecule has 0 aliphatic rings. The maximum Gasteiger partial charge on any atom is 0.336 e. The van der Waals surface area contributed by atoms with E-state index in [2.05, 4.69) is 72.8 Å². The molecule has 8 aromatic rings. The van der Waals surface area contributed by atoms with Crippen molar-refractivity contribution in [3.05, 3.63) is 108 Å². The van der Waals surface area contributed by atoms with E-state index in [1.807, 2.05) is 0 Å². The van der Waals surface area contributed by atoms with Gasteiger partial charge in [0, 0.05) is 0 Å². The molecule has 0 bridgehead atoms. The first-order valence-corrected chi connectivity index (χ1v) is 11.6. The Morgan fingerprint density at radius 1 is 0.361 bits per heavy atom. The SMILES string of the molecule is O=C(O)c1ccccc1C(=O)O.c1cc2ccc3ccc4ccc5ccc6ccc1c1c2c3c4c5c61. The second kappa shape index (κ2) is 7.27. The van der Waals surface area contributed by atoms with Gasteiger partial charge in [-0.3, -0.25) is 0 Å². The Labute approximate surface area is 204 Å². The average molecular weight is 466 g/mol. The average Bonchev–Trinajstić information content (AvgIpc) is 2.91. The number of carboxylic acids is 2. The van der Waals surface area contributed by atoms with Crippen molar-refractivity contribution in [2.45, 2.75) is 0 Å². The van der Waals surface area contributed by atoms with Crippen LogP contribution in [0.3, 0.4) is 0 Å². The summed E-state index contributed by atoms with van der Waals surface area (Å²) in [4.78, 5) is 20.9. The van der Waals surface area contributed by atoms with E-state index in [0.29, 0.717) is 0 Å². The van der Waals surface area contributed by atoms with Gasteiger partial charge in [-0.15, -0.1) is 0 Å². The largest absolute Gasteiger partial charge is 0.478 e. The second-order valence-corrected chi connectivity index (χ2v) is 9.14. The Morgan fingerprint density at radius 2 is 0.556 bits per heavy atom. The molecule has 2 N–H and O–H groups in total. The number of carbonyl (C=O) groups is 2. The van der Waals surface area contributed by atoms with Crippen LogP contribution in [0.4, 0.5) is 0 Å². The van der Waals surface area contributed by atoms with Crippen molar-refractivity contribution in [3.63, 3.8) is 0 Å². The monoisotopic (exact) mass is 466 g/mol. The van der Waals surface area contributed by atoms with Crippen molar-refractivity contribution in [2.24, 2.45) is 0 Å². The quantitative estimate of drug-likeness (QED) is 0.200. The minimum atomic E-state index is -1.23. The van der Waals surface area contributed by atoms with Crippen LogP contribution in [0.2, 0.25) is 0 Å². The van der Waals surface area contributed by atoms with E-state index < -0.39 is 11.9 Å². The number of aromatic carboxylic acids is 2. The fraction of sp³-hybridized carbons (Fsp3) is 0. The standard InChI is InChI=1S/C24H12.C8H6O4/c1-2-14-5-6-16-9-11-18-12-10-17-8-7-15-4-3-13(1)19-20(14)22(16)24(18)23(17)21(15)19;9-7(10)5-3-1-2-4-6(5)8(11)12/h1-12H;1-4H,(H,9,10)(H,11,12). The summed E-state index contributed by atoms with van der Waals surface area (Å²) < 4.78 is 0. The lowest BCUT2D eigenvalue weighted by Gasteiger charge is -2.20. The number of hydrogen-bond acceptors (Lipinski definition) is 2. The maximum absolute atomic E-state index is 10.5. The summed E-state index contributed by atoms with van der Waals surface area (Å²) in [6.45, 7) is 0. The van der Waals surface area contributed by atoms with Gasteiger partial charge in [-0.05, 0) is 76.8 Å². The van der Waals surface area contributed by atoms with Crippen LogP contribution in [0.1, 0.15) is 20.7 Å². The van der Waals surface area contributed by atoms with E-state index >= 15 is 0 Å². The summed E-state index contributed by atoms with van der Waals surface area (Å²) >= 11 is 0. The first-order chi connectivity index (χ1) is 17.5. The third-order valence-electron chi connectivity index (χ3n) is 7.27. The van der Waals surface area contributed by atoms with Crippen LogP contribution in [-0.4, -0.2) is 22.2 Å². The maximum atomic E-state index is 10.5. The molecule has 4 nitrogen and oxygen atoms in total. The lowest BCUT2D eigenvalue weighted by atomic mass is 9.83. The molecule has 0 amide bonds. The molecule has 0 saturated carbocycles. The Kier molecular flexibility index (Phi) is 4.12. The molecule has 4 heteroatoms. The van der Waals surface area contributed by atoms with Crippen LogP contribution in [-0.2, 0) is 0 Å². The van der Waals surface area contributed by atoms with E-state index in [-0.39, 0.29) is 11.1 Å². The smallest absolute Gasteiger partial charge is 0.336 e. The number of hydrogen-bond donors (Lipinski definition) is 2. The van der Waals surface area contributed by atoms with Crippen LogP contribution < -0.4 is 0 Å². The molecule has 0 fully saturated rings. The van der Waals surface area contributed by atoms with E-state index in [1.165, 1.54) is 88.9 Å². The van der Waals surface area contributed by atoms with Crippen LogP contribution >= 0.6 is 0 Å². The molecule has 8 aromatic carbocycles. The van der Waals surface area contributed by atoms with Gasteiger partial charge < -0.3 is 10.2 Å². The van der Waals surface area contributed by atoms with Gasteiger partial charge in [0.2, 0.25) is 0 Å². The predicted molar refractivity (Wildman–Crippen MR) is 145 cm³/mol. The molecule has 0 aliphatic carbocycles. The summed E-state index contributed by atoms with van der Waals surface area (Å²) in [5, 5.41) is 33.8. The third kappa shape index (κ3) is 2.70. The molecule has 0 spiro atoms. The second-order valence-electron chi connectivity index (χ2n) is 9.14. The van der Waals surface area contributed by atoms with Gasteiger partial charge in [-0.25, -0.2) is 9.59 Å². The molecule has 0 atom stereocenters. The van der Waals surface area contributed by atoms with Gasteiger partial charge in [0.1, 0.15) is 0 Å². The highest BCUT2D eigenvalue weighted by molar-refractivity contribution is 6.44. The van der Waals surface area contributed by atoms with Crippen molar-refractivity contribution in [1.29, 1.82) is 0 Å². The summed E-state index contributed by atoms with van der Waals surface area (Å²) in [5.41, 5.74) is -0.380. The number of carboxylic acid groups (broad SMARTS) is 2. The normalized spacial score (nSPS) is 11.8. The van der Waals surface area contributed by atoms with Gasteiger partial charge in [0.25, 0.3) is 0 Å². The first kappa shape index (κ1) is 20.4. The van der Waals surface area contributed by atoms with Crippen molar-refractivity contribution < 1.29 is 19.8 Å². The lowest BCUT2D eigenvalue weighted by molar-refractivity contribution is 0.0651. The molecule has 0 saturated heterocycles. The van der Waals surface area contributed by atoms with E-state index in [9.17, 15) is 9.59 Å². The summed E-state index contributed by atoms with van der Waals surface area (Å²) in [6, 6.07) is 32.8. The molecule has 0 aliphatic heterocycles. The highest BCUT2D eigenvalue weighted by Gasteiger charge is 2.19. The highest BCUT2D eigenvalue weighted by atomic mass is 16.4. The van der Waals surface area contributed by atoms with Crippen LogP contribution in [0.15, 0.2) is 97.1 Å². The van der Waals surface area contributed by atoms with Crippen LogP contribution in [0, 0.1) is 0 Å². The zero-order valence-corrected chi connectivity index (χ0v) is 18.9. The molecule has 0 aromatic heterocycles. The Balaban J connectivity index is 0.000000157. The Morgan fingerprint density at radius 3 is 0.722 bits per heavy atom. The molecular weight excluding hydrogens is 448 g/mol. The molecule has 36 heavy (non-hydrogen) atoms. The molecule has 0 radical (unpaired) electrons. The highest BCUT2D eigenvalue weighted by Crippen LogP contribution is 2.47. The first-order valence-electron chi connectivity index (χ1n) is 11.6. The summed E-state index contributed by atoms with van der Waals surface area (Å²) in [7, 11) is 0. The molecular formula is C32H18O4. The van der Waals surface area contributed by atoms with E-state index in [0.717, 1.165) is 0 Å². The molecule has 0 heterocycles. The minimum Gasteiger partial charge on any atom is -0.478 e. The Hall–Kier alpha value is -4.96. The van der Waals surface area contributed by atoms with Gasteiger partial charge in [-0.2, -0.15) is 0 Å². The van der Waals surface area contributed by atoms with Gasteiger partial charge in [0.05, 0.1) is 11.1 Å². The van der Waals surface area contributed by atoms with E-state index in [4.69, 9.17) is 10.2 Å². The molecule has 170 valence electrons. The van der Waals surface area contributed by atoms with Crippen molar-refractivity contribution in [3.8, 4) is 0 Å². The van der Waals surface area contributed by atoms with Crippen molar-refractivity contribution in [2.75, 3.05) is 0 Å². The molecule has 8 rings (SSSR count). The van der Waals surface area contributed by atoms with E-state index in [1.54, 1.807) is 0 Å². The zero-order chi connectivity index (χ0) is 24.6. The van der Waals surface area contributed by atoms with Crippen LogP contribution in [0.25, 0.3) is 64.6 Å². The van der Waals surface area contributed by atoms with Crippen molar-refractivity contribution >= 4 is 76.6 Å². The minimum absolute atomic E-state index is 0.190. The number of benzene rings is 8. The zero-order valence-electron chi connectivity index (χ0n) is 18.9. The van der Waals surface area contributed by atoms with Crippen LogP contribution in [0.5, 0.6) is 0 Å². The predicted octanol–water partition coefficient (Wildman–Crippen LogP) is 8.00. The summed E-state index contributed by atoms with van der Waals surface area (Å²) in [6.07, 6.45) is 0. The fourth-order valence-corrected chi connectivity index (χ4v) is 5.75. The number of rotatable bonds is 2. The van der Waals surface area contributed by atoms with Crippen molar-refractivity contribution in [1.82, 2.24) is 0 Å².